The summed E-state index contributed by atoms with van der Waals surface area (Å²) in [5.74, 6) is 1.68. The molecule has 0 aliphatic rings. The van der Waals surface area contributed by atoms with Crippen molar-refractivity contribution in [3.05, 3.63) is 72.3 Å². The highest BCUT2D eigenvalue weighted by molar-refractivity contribution is 5.78. The standard InChI is InChI=1S/C22H29NO3.C2H4/c1-16-4-6-17(7-5-16)8-11-20(24)12-10-19(23)14-18-9-13-21(25-2)22(15-18)26-3;1-2/h4-7,9,13,15,19H,8,10-12,14,23H2,1-3H3;1-2H2. The molecule has 2 rings (SSSR count). The summed E-state index contributed by atoms with van der Waals surface area (Å²) in [5, 5.41) is 0. The molecule has 0 heterocycles. The Labute approximate surface area is 169 Å². The lowest BCUT2D eigenvalue weighted by Crippen LogP contribution is -2.24. The Balaban J connectivity index is 0.00000190. The molecule has 0 saturated heterocycles. The number of hydrogen-bond acceptors (Lipinski definition) is 4. The maximum Gasteiger partial charge on any atom is 0.160 e. The SMILES string of the molecule is C=C.COc1ccc(CC(N)CCC(=O)CCc2ccc(C)cc2)cc1OC. The number of methoxy groups -OCH3 is 2. The van der Waals surface area contributed by atoms with Crippen LogP contribution in [0.1, 0.15) is 36.0 Å². The van der Waals surface area contributed by atoms with Crippen molar-refractivity contribution in [3.63, 3.8) is 0 Å². The van der Waals surface area contributed by atoms with E-state index in [1.165, 1.54) is 11.1 Å². The lowest BCUT2D eigenvalue weighted by atomic mass is 9.98. The summed E-state index contributed by atoms with van der Waals surface area (Å²) in [6.45, 7) is 8.06. The zero-order valence-corrected chi connectivity index (χ0v) is 17.4. The van der Waals surface area contributed by atoms with E-state index in [0.717, 1.165) is 12.0 Å². The van der Waals surface area contributed by atoms with Crippen molar-refractivity contribution in [1.82, 2.24) is 0 Å². The average Bonchev–Trinajstić information content (AvgIpc) is 2.73. The molecule has 28 heavy (non-hydrogen) atoms. The van der Waals surface area contributed by atoms with Gasteiger partial charge in [-0.15, -0.1) is 13.2 Å². The first kappa shape index (κ1) is 23.4. The van der Waals surface area contributed by atoms with Crippen molar-refractivity contribution in [2.45, 2.75) is 45.1 Å². The molecule has 0 saturated carbocycles. The zero-order valence-electron chi connectivity index (χ0n) is 17.4. The summed E-state index contributed by atoms with van der Waals surface area (Å²) in [6.07, 6.45) is 3.31. The van der Waals surface area contributed by atoms with Gasteiger partial charge in [0.2, 0.25) is 0 Å². The van der Waals surface area contributed by atoms with Gasteiger partial charge in [0.1, 0.15) is 5.78 Å². The van der Waals surface area contributed by atoms with E-state index < -0.39 is 0 Å². The summed E-state index contributed by atoms with van der Waals surface area (Å²) in [6, 6.07) is 14.1. The minimum atomic E-state index is -0.0450. The van der Waals surface area contributed by atoms with Crippen molar-refractivity contribution in [3.8, 4) is 11.5 Å². The van der Waals surface area contributed by atoms with Gasteiger partial charge in [0.05, 0.1) is 14.2 Å². The van der Waals surface area contributed by atoms with Crippen LogP contribution in [0.3, 0.4) is 0 Å². The molecule has 0 aliphatic heterocycles. The second-order valence-corrected chi connectivity index (χ2v) is 6.72. The number of aryl methyl sites for hydroxylation is 2. The smallest absolute Gasteiger partial charge is 0.160 e. The van der Waals surface area contributed by atoms with Crippen LogP contribution < -0.4 is 15.2 Å². The number of nitrogens with two attached hydrogens (primary N) is 1. The van der Waals surface area contributed by atoms with Crippen LogP contribution in [0.4, 0.5) is 0 Å². The van der Waals surface area contributed by atoms with Crippen LogP contribution in [0.5, 0.6) is 11.5 Å². The van der Waals surface area contributed by atoms with Gasteiger partial charge in [-0.05, 0) is 49.4 Å². The lowest BCUT2D eigenvalue weighted by Gasteiger charge is -2.13. The first-order chi connectivity index (χ1) is 13.5. The second-order valence-electron chi connectivity index (χ2n) is 6.72. The predicted molar refractivity (Wildman–Crippen MR) is 116 cm³/mol. The van der Waals surface area contributed by atoms with Crippen molar-refractivity contribution in [1.29, 1.82) is 0 Å². The third-order valence-corrected chi connectivity index (χ3v) is 4.55. The summed E-state index contributed by atoms with van der Waals surface area (Å²) >= 11 is 0. The molecule has 2 aromatic carbocycles. The monoisotopic (exact) mass is 383 g/mol. The number of carbonyl (C=O) groups is 1. The molecule has 4 heteroatoms. The third-order valence-electron chi connectivity index (χ3n) is 4.55. The van der Waals surface area contributed by atoms with E-state index in [9.17, 15) is 4.79 Å². The molecule has 0 spiro atoms. The molecule has 0 radical (unpaired) electrons. The Bertz CT molecular complexity index is 725. The predicted octanol–water partition coefficient (Wildman–Crippen LogP) is 4.67. The van der Waals surface area contributed by atoms with Crippen LogP contribution in [-0.4, -0.2) is 26.0 Å². The van der Waals surface area contributed by atoms with Crippen molar-refractivity contribution >= 4 is 5.78 Å². The van der Waals surface area contributed by atoms with Crippen LogP contribution in [0.15, 0.2) is 55.6 Å². The number of ether oxygens (including phenoxy) is 2. The fourth-order valence-electron chi connectivity index (χ4n) is 2.92. The summed E-state index contributed by atoms with van der Waals surface area (Å²) < 4.78 is 10.6. The molecule has 0 aliphatic carbocycles. The topological polar surface area (TPSA) is 61.5 Å². The van der Waals surface area contributed by atoms with Crippen LogP contribution >= 0.6 is 0 Å². The minimum absolute atomic E-state index is 0.0450. The number of benzene rings is 2. The van der Waals surface area contributed by atoms with Gasteiger partial charge in [-0.3, -0.25) is 4.79 Å². The van der Waals surface area contributed by atoms with E-state index in [4.69, 9.17) is 15.2 Å². The zero-order chi connectivity index (χ0) is 20.9. The number of hydrogen-bond donors (Lipinski definition) is 1. The molecule has 0 bridgehead atoms. The summed E-state index contributed by atoms with van der Waals surface area (Å²) in [4.78, 5) is 12.1. The number of Topliss-reactive ketones (excluding diaryl/α,β-unsaturated/α-hetero) is 1. The number of ketones is 1. The van der Waals surface area contributed by atoms with E-state index in [-0.39, 0.29) is 11.8 Å². The maximum absolute atomic E-state index is 12.1. The van der Waals surface area contributed by atoms with E-state index in [1.807, 2.05) is 18.2 Å². The number of carbonyl (C=O) groups excluding carboxylic acids is 1. The molecular weight excluding hydrogens is 350 g/mol. The van der Waals surface area contributed by atoms with Gasteiger partial charge in [-0.1, -0.05) is 35.9 Å². The largest absolute Gasteiger partial charge is 0.493 e. The van der Waals surface area contributed by atoms with Crippen LogP contribution in [0, 0.1) is 6.92 Å². The van der Waals surface area contributed by atoms with Gasteiger partial charge in [0, 0.05) is 18.9 Å². The van der Waals surface area contributed by atoms with Gasteiger partial charge < -0.3 is 15.2 Å². The lowest BCUT2D eigenvalue weighted by molar-refractivity contribution is -0.119. The highest BCUT2D eigenvalue weighted by atomic mass is 16.5. The first-order valence-corrected chi connectivity index (χ1v) is 9.55. The van der Waals surface area contributed by atoms with E-state index >= 15 is 0 Å². The molecule has 0 aromatic heterocycles. The number of rotatable bonds is 10. The Hall–Kier alpha value is -2.59. The quantitative estimate of drug-likeness (QED) is 0.606. The fraction of sp³-hybridized carbons (Fsp3) is 0.375. The normalized spacial score (nSPS) is 11.1. The molecule has 0 amide bonds. The van der Waals surface area contributed by atoms with Gasteiger partial charge in [-0.25, -0.2) is 0 Å². The van der Waals surface area contributed by atoms with Crippen molar-refractivity contribution < 1.29 is 14.3 Å². The van der Waals surface area contributed by atoms with Crippen LogP contribution in [0.2, 0.25) is 0 Å². The molecule has 1 atom stereocenters. The summed E-state index contributed by atoms with van der Waals surface area (Å²) in [7, 11) is 3.24. The van der Waals surface area contributed by atoms with Gasteiger partial charge in [-0.2, -0.15) is 0 Å². The highest BCUT2D eigenvalue weighted by Crippen LogP contribution is 2.28. The Morgan fingerprint density at radius 3 is 2.18 bits per heavy atom. The van der Waals surface area contributed by atoms with E-state index in [0.29, 0.717) is 37.2 Å². The summed E-state index contributed by atoms with van der Waals surface area (Å²) in [5.41, 5.74) is 9.75. The Kier molecular flexibility index (Phi) is 10.7. The molecule has 0 fully saturated rings. The molecular formula is C24H33NO3. The van der Waals surface area contributed by atoms with Crippen LogP contribution in [-0.2, 0) is 17.6 Å². The second kappa shape index (κ2) is 12.7. The van der Waals surface area contributed by atoms with E-state index in [1.54, 1.807) is 14.2 Å². The molecule has 1 unspecified atom stereocenters. The average molecular weight is 384 g/mol. The van der Waals surface area contributed by atoms with Gasteiger partial charge >= 0.3 is 0 Å². The van der Waals surface area contributed by atoms with E-state index in [2.05, 4.69) is 44.3 Å². The third kappa shape index (κ3) is 7.97. The molecule has 2 N–H and O–H groups in total. The minimum Gasteiger partial charge on any atom is -0.493 e. The Morgan fingerprint density at radius 1 is 0.964 bits per heavy atom. The Morgan fingerprint density at radius 2 is 1.57 bits per heavy atom. The van der Waals surface area contributed by atoms with Gasteiger partial charge in [0.15, 0.2) is 11.5 Å². The first-order valence-electron chi connectivity index (χ1n) is 9.55. The fourth-order valence-corrected chi connectivity index (χ4v) is 2.92. The maximum atomic E-state index is 12.1. The van der Waals surface area contributed by atoms with Crippen LogP contribution in [0.25, 0.3) is 0 Å². The molecule has 152 valence electrons. The van der Waals surface area contributed by atoms with Gasteiger partial charge in [0.25, 0.3) is 0 Å². The van der Waals surface area contributed by atoms with Crippen molar-refractivity contribution in [2.75, 3.05) is 14.2 Å². The van der Waals surface area contributed by atoms with Crippen molar-refractivity contribution in [2.24, 2.45) is 5.73 Å². The highest BCUT2D eigenvalue weighted by Gasteiger charge is 2.11. The molecule has 2 aromatic rings. The molecule has 4 nitrogen and oxygen atoms in total.